The van der Waals surface area contributed by atoms with Crippen LogP contribution >= 0.6 is 12.2 Å². The Labute approximate surface area is 135 Å². The summed E-state index contributed by atoms with van der Waals surface area (Å²) in [6.07, 6.45) is 1.22. The Balaban J connectivity index is 1.84. The van der Waals surface area contributed by atoms with E-state index in [-0.39, 0.29) is 22.5 Å². The molecule has 1 aliphatic heterocycles. The molecule has 1 fully saturated rings. The highest BCUT2D eigenvalue weighted by Gasteiger charge is 2.32. The number of hydrazine groups is 1. The van der Waals surface area contributed by atoms with Crippen molar-refractivity contribution in [1.29, 1.82) is 0 Å². The van der Waals surface area contributed by atoms with Crippen LogP contribution in [0.15, 0.2) is 24.3 Å². The maximum atomic E-state index is 11.9. The average Bonchev–Trinajstić information content (AvgIpc) is 2.85. The Morgan fingerprint density at radius 1 is 1.32 bits per heavy atom. The van der Waals surface area contributed by atoms with Gasteiger partial charge < -0.3 is 5.32 Å². The molecule has 120 valence electrons. The van der Waals surface area contributed by atoms with Crippen LogP contribution < -0.4 is 16.2 Å². The van der Waals surface area contributed by atoms with Crippen molar-refractivity contribution in [2.24, 2.45) is 5.92 Å². The number of rotatable bonds is 3. The molecule has 1 saturated heterocycles. The maximum absolute atomic E-state index is 11.9. The van der Waals surface area contributed by atoms with Gasteiger partial charge in [0.05, 0.1) is 17.4 Å². The predicted molar refractivity (Wildman–Crippen MR) is 90.1 cm³/mol. The van der Waals surface area contributed by atoms with Gasteiger partial charge in [-0.25, -0.2) is 8.42 Å². The van der Waals surface area contributed by atoms with Gasteiger partial charge in [0, 0.05) is 5.69 Å². The third kappa shape index (κ3) is 4.41. The lowest BCUT2D eigenvalue weighted by Crippen LogP contribution is -2.46. The number of aryl methyl sites for hydroxylation is 1. The molecule has 1 aromatic rings. The van der Waals surface area contributed by atoms with E-state index >= 15 is 0 Å². The summed E-state index contributed by atoms with van der Waals surface area (Å²) in [7, 11) is -3.07. The van der Waals surface area contributed by atoms with Crippen LogP contribution in [0, 0.1) is 5.92 Å². The Kier molecular flexibility index (Phi) is 5.36. The van der Waals surface area contributed by atoms with Gasteiger partial charge in [-0.2, -0.15) is 0 Å². The van der Waals surface area contributed by atoms with Crippen LogP contribution in [0.25, 0.3) is 0 Å². The summed E-state index contributed by atoms with van der Waals surface area (Å²) in [5, 5.41) is 3.27. The van der Waals surface area contributed by atoms with E-state index in [2.05, 4.69) is 16.2 Å². The standard InChI is InChI=1S/C14H19N3O3S2/c1-2-10-5-3-4-6-12(10)15-14(21)17-16-13(18)11-7-8-22(19,20)9-11/h3-6,11H,2,7-9H2,1H3,(H,16,18)(H2,15,17,21)/t11-/m0/s1. The van der Waals surface area contributed by atoms with Gasteiger partial charge in [0.25, 0.3) is 0 Å². The smallest absolute Gasteiger partial charge is 0.242 e. The summed E-state index contributed by atoms with van der Waals surface area (Å²) >= 11 is 5.13. The highest BCUT2D eigenvalue weighted by molar-refractivity contribution is 7.91. The van der Waals surface area contributed by atoms with Crippen molar-refractivity contribution in [3.63, 3.8) is 0 Å². The van der Waals surface area contributed by atoms with E-state index in [4.69, 9.17) is 12.2 Å². The molecule has 0 saturated carbocycles. The Morgan fingerprint density at radius 2 is 2.05 bits per heavy atom. The molecule has 22 heavy (non-hydrogen) atoms. The molecule has 0 unspecified atom stereocenters. The fourth-order valence-electron chi connectivity index (χ4n) is 2.33. The molecule has 0 radical (unpaired) electrons. The number of amides is 1. The molecule has 1 aromatic carbocycles. The first kappa shape index (κ1) is 16.7. The lowest BCUT2D eigenvalue weighted by molar-refractivity contribution is -0.124. The quantitative estimate of drug-likeness (QED) is 0.562. The van der Waals surface area contributed by atoms with Crippen LogP contribution in [-0.4, -0.2) is 30.9 Å². The maximum Gasteiger partial charge on any atom is 0.242 e. The van der Waals surface area contributed by atoms with E-state index in [1.165, 1.54) is 0 Å². The molecule has 1 aliphatic rings. The van der Waals surface area contributed by atoms with Crippen molar-refractivity contribution in [2.45, 2.75) is 19.8 Å². The van der Waals surface area contributed by atoms with Gasteiger partial charge in [0.2, 0.25) is 5.91 Å². The minimum atomic E-state index is -3.07. The lowest BCUT2D eigenvalue weighted by atomic mass is 10.1. The molecule has 0 aromatic heterocycles. The van der Waals surface area contributed by atoms with Crippen LogP contribution in [0.5, 0.6) is 0 Å². The van der Waals surface area contributed by atoms with E-state index in [0.29, 0.717) is 6.42 Å². The molecular weight excluding hydrogens is 322 g/mol. The second-order valence-corrected chi connectivity index (χ2v) is 7.82. The van der Waals surface area contributed by atoms with Crippen LogP contribution in [0.2, 0.25) is 0 Å². The van der Waals surface area contributed by atoms with Gasteiger partial charge in [0.1, 0.15) is 0 Å². The molecule has 0 aliphatic carbocycles. The minimum Gasteiger partial charge on any atom is -0.331 e. The summed E-state index contributed by atoms with van der Waals surface area (Å²) in [5.74, 6) is -0.894. The number of sulfone groups is 1. The van der Waals surface area contributed by atoms with Gasteiger partial charge >= 0.3 is 0 Å². The topological polar surface area (TPSA) is 87.3 Å². The van der Waals surface area contributed by atoms with Gasteiger partial charge in [0.15, 0.2) is 14.9 Å². The monoisotopic (exact) mass is 341 g/mol. The molecule has 0 spiro atoms. The Morgan fingerprint density at radius 3 is 2.68 bits per heavy atom. The second-order valence-electron chi connectivity index (χ2n) is 5.18. The van der Waals surface area contributed by atoms with Crippen molar-refractivity contribution >= 4 is 38.8 Å². The number of hydrogen-bond donors (Lipinski definition) is 3. The highest BCUT2D eigenvalue weighted by Crippen LogP contribution is 2.18. The van der Waals surface area contributed by atoms with Crippen LogP contribution in [-0.2, 0) is 21.1 Å². The van der Waals surface area contributed by atoms with E-state index in [9.17, 15) is 13.2 Å². The van der Waals surface area contributed by atoms with Crippen molar-refractivity contribution < 1.29 is 13.2 Å². The number of benzene rings is 1. The van der Waals surface area contributed by atoms with Crippen LogP contribution in [0.1, 0.15) is 18.9 Å². The molecular formula is C14H19N3O3S2. The molecule has 0 bridgehead atoms. The van der Waals surface area contributed by atoms with Crippen molar-refractivity contribution in [3.8, 4) is 0 Å². The number of para-hydroxylation sites is 1. The SMILES string of the molecule is CCc1ccccc1NC(=S)NNC(=O)[C@H]1CCS(=O)(=O)C1. The summed E-state index contributed by atoms with van der Waals surface area (Å²) in [5.41, 5.74) is 7.06. The summed E-state index contributed by atoms with van der Waals surface area (Å²) < 4.78 is 22.7. The van der Waals surface area contributed by atoms with Crippen LogP contribution in [0.4, 0.5) is 5.69 Å². The zero-order valence-corrected chi connectivity index (χ0v) is 13.9. The summed E-state index contributed by atoms with van der Waals surface area (Å²) in [4.78, 5) is 11.9. The van der Waals surface area contributed by atoms with E-state index < -0.39 is 15.8 Å². The van der Waals surface area contributed by atoms with E-state index in [1.807, 2.05) is 31.2 Å². The fourth-order valence-corrected chi connectivity index (χ4v) is 4.23. The molecule has 3 N–H and O–H groups in total. The molecule has 2 rings (SSSR count). The lowest BCUT2D eigenvalue weighted by Gasteiger charge is -2.15. The zero-order chi connectivity index (χ0) is 16.2. The van der Waals surface area contributed by atoms with Crippen molar-refractivity contribution in [3.05, 3.63) is 29.8 Å². The van der Waals surface area contributed by atoms with Crippen molar-refractivity contribution in [1.82, 2.24) is 10.9 Å². The highest BCUT2D eigenvalue weighted by atomic mass is 32.2. The Bertz CT molecular complexity index is 674. The van der Waals surface area contributed by atoms with Crippen LogP contribution in [0.3, 0.4) is 0 Å². The number of carbonyl (C=O) groups excluding carboxylic acids is 1. The fraction of sp³-hybridized carbons (Fsp3) is 0.429. The van der Waals surface area contributed by atoms with Gasteiger partial charge in [-0.15, -0.1) is 0 Å². The largest absolute Gasteiger partial charge is 0.331 e. The molecule has 1 atom stereocenters. The summed E-state index contributed by atoms with van der Waals surface area (Å²) in [6, 6.07) is 7.74. The average molecular weight is 341 g/mol. The Hall–Kier alpha value is -1.67. The van der Waals surface area contributed by atoms with Gasteiger partial charge in [-0.05, 0) is 36.7 Å². The first-order valence-electron chi connectivity index (χ1n) is 7.06. The van der Waals surface area contributed by atoms with Crippen molar-refractivity contribution in [2.75, 3.05) is 16.8 Å². The summed E-state index contributed by atoms with van der Waals surface area (Å²) in [6.45, 7) is 2.04. The van der Waals surface area contributed by atoms with E-state index in [1.54, 1.807) is 0 Å². The molecule has 1 heterocycles. The zero-order valence-electron chi connectivity index (χ0n) is 12.3. The number of carbonyl (C=O) groups is 1. The number of hydrogen-bond acceptors (Lipinski definition) is 4. The number of nitrogens with one attached hydrogen (secondary N) is 3. The first-order valence-corrected chi connectivity index (χ1v) is 9.29. The third-order valence-electron chi connectivity index (χ3n) is 3.55. The minimum absolute atomic E-state index is 0.0671. The molecule has 8 heteroatoms. The first-order chi connectivity index (χ1) is 10.4. The number of thiocarbonyl (C=S) groups is 1. The predicted octanol–water partition coefficient (Wildman–Crippen LogP) is 1.00. The second kappa shape index (κ2) is 7.06. The molecule has 1 amide bonds. The van der Waals surface area contributed by atoms with Gasteiger partial charge in [-0.1, -0.05) is 25.1 Å². The normalized spacial score (nSPS) is 19.4. The van der Waals surface area contributed by atoms with E-state index in [0.717, 1.165) is 17.7 Å². The third-order valence-corrected chi connectivity index (χ3v) is 5.52. The number of anilines is 1. The van der Waals surface area contributed by atoms with Gasteiger partial charge in [-0.3, -0.25) is 15.6 Å². The molecule has 6 nitrogen and oxygen atoms in total.